The first-order chi connectivity index (χ1) is 7.72. The second-order valence-electron chi connectivity index (χ2n) is 4.79. The summed E-state index contributed by atoms with van der Waals surface area (Å²) in [6, 6.07) is 2.00. The minimum atomic E-state index is 0.581. The lowest BCUT2D eigenvalue weighted by Crippen LogP contribution is -2.05. The number of nitrogens with one attached hydrogen (secondary N) is 1. The van der Waals surface area contributed by atoms with Crippen molar-refractivity contribution < 1.29 is 0 Å². The van der Waals surface area contributed by atoms with Crippen LogP contribution in [0, 0.1) is 12.8 Å². The quantitative estimate of drug-likeness (QED) is 0.848. The van der Waals surface area contributed by atoms with Crippen molar-refractivity contribution in [2.45, 2.75) is 45.4 Å². The first-order valence-electron chi connectivity index (χ1n) is 6.26. The third-order valence-electron chi connectivity index (χ3n) is 3.61. The summed E-state index contributed by atoms with van der Waals surface area (Å²) in [5.41, 5.74) is 1.06. The molecule has 1 fully saturated rings. The number of anilines is 1. The van der Waals surface area contributed by atoms with Gasteiger partial charge < -0.3 is 5.32 Å². The molecule has 3 nitrogen and oxygen atoms in total. The van der Waals surface area contributed by atoms with Crippen LogP contribution in [0.5, 0.6) is 0 Å². The highest BCUT2D eigenvalue weighted by atomic mass is 15.0. The Balaban J connectivity index is 2.17. The molecule has 1 heterocycles. The average molecular weight is 219 g/mol. The monoisotopic (exact) mass is 219 g/mol. The molecule has 0 radical (unpaired) electrons. The van der Waals surface area contributed by atoms with Crippen LogP contribution in [-0.2, 0) is 0 Å². The number of aromatic nitrogens is 2. The van der Waals surface area contributed by atoms with Crippen LogP contribution < -0.4 is 5.32 Å². The molecule has 0 aromatic carbocycles. The molecule has 1 aliphatic rings. The molecular weight excluding hydrogens is 198 g/mol. The van der Waals surface area contributed by atoms with Crippen LogP contribution in [0.2, 0.25) is 0 Å². The van der Waals surface area contributed by atoms with Crippen LogP contribution in [0.1, 0.15) is 50.0 Å². The van der Waals surface area contributed by atoms with Crippen molar-refractivity contribution in [1.29, 1.82) is 0 Å². The van der Waals surface area contributed by atoms with Crippen molar-refractivity contribution in [2.24, 2.45) is 5.92 Å². The Kier molecular flexibility index (Phi) is 3.42. The molecule has 0 saturated heterocycles. The van der Waals surface area contributed by atoms with Gasteiger partial charge in [-0.3, -0.25) is 0 Å². The van der Waals surface area contributed by atoms with Crippen LogP contribution in [-0.4, -0.2) is 17.0 Å². The van der Waals surface area contributed by atoms with E-state index >= 15 is 0 Å². The highest BCUT2D eigenvalue weighted by Crippen LogP contribution is 2.38. The summed E-state index contributed by atoms with van der Waals surface area (Å²) in [4.78, 5) is 9.16. The summed E-state index contributed by atoms with van der Waals surface area (Å²) >= 11 is 0. The van der Waals surface area contributed by atoms with Crippen LogP contribution in [0.15, 0.2) is 6.07 Å². The standard InChI is InChI=1S/C13H21N3/c1-4-10-5-6-11(8-10)13-15-9(2)7-12(14-3)16-13/h7,10-11H,4-6,8H2,1-3H3,(H,14,15,16). The maximum Gasteiger partial charge on any atom is 0.134 e. The molecule has 0 spiro atoms. The van der Waals surface area contributed by atoms with Gasteiger partial charge in [-0.05, 0) is 32.1 Å². The summed E-state index contributed by atoms with van der Waals surface area (Å²) in [5.74, 6) is 3.45. The Hall–Kier alpha value is -1.12. The van der Waals surface area contributed by atoms with Crippen LogP contribution in [0.3, 0.4) is 0 Å². The van der Waals surface area contributed by atoms with E-state index < -0.39 is 0 Å². The van der Waals surface area contributed by atoms with E-state index in [0.717, 1.165) is 23.3 Å². The molecule has 2 atom stereocenters. The van der Waals surface area contributed by atoms with Gasteiger partial charge in [-0.25, -0.2) is 9.97 Å². The fourth-order valence-electron chi connectivity index (χ4n) is 2.58. The summed E-state index contributed by atoms with van der Waals surface area (Å²) in [6.45, 7) is 4.32. The molecule has 0 amide bonds. The van der Waals surface area contributed by atoms with Gasteiger partial charge in [-0.15, -0.1) is 0 Å². The molecule has 2 rings (SSSR count). The van der Waals surface area contributed by atoms with Crippen molar-refractivity contribution in [1.82, 2.24) is 9.97 Å². The van der Waals surface area contributed by atoms with E-state index in [1.807, 2.05) is 20.0 Å². The fraction of sp³-hybridized carbons (Fsp3) is 0.692. The lowest BCUT2D eigenvalue weighted by molar-refractivity contribution is 0.516. The van der Waals surface area contributed by atoms with Gasteiger partial charge in [0, 0.05) is 24.7 Å². The summed E-state index contributed by atoms with van der Waals surface area (Å²) in [6.07, 6.45) is 5.16. The minimum absolute atomic E-state index is 0.581. The topological polar surface area (TPSA) is 37.8 Å². The van der Waals surface area contributed by atoms with Gasteiger partial charge in [0.05, 0.1) is 0 Å². The maximum absolute atomic E-state index is 4.58. The normalized spacial score (nSPS) is 24.7. The van der Waals surface area contributed by atoms with Gasteiger partial charge in [-0.2, -0.15) is 0 Å². The van der Waals surface area contributed by atoms with Crippen molar-refractivity contribution in [3.8, 4) is 0 Å². The Labute approximate surface area is 97.7 Å². The number of aryl methyl sites for hydroxylation is 1. The van der Waals surface area contributed by atoms with Crippen molar-refractivity contribution in [3.05, 3.63) is 17.6 Å². The molecule has 3 heteroatoms. The SMILES string of the molecule is CCC1CCC(c2nc(C)cc(NC)n2)C1. The first kappa shape index (κ1) is 11.4. The van der Waals surface area contributed by atoms with Crippen molar-refractivity contribution >= 4 is 5.82 Å². The van der Waals surface area contributed by atoms with E-state index in [-0.39, 0.29) is 0 Å². The van der Waals surface area contributed by atoms with Gasteiger partial charge in [0.25, 0.3) is 0 Å². The molecule has 1 aromatic heterocycles. The number of rotatable bonds is 3. The highest BCUT2D eigenvalue weighted by Gasteiger charge is 2.26. The van der Waals surface area contributed by atoms with Gasteiger partial charge in [-0.1, -0.05) is 13.3 Å². The maximum atomic E-state index is 4.58. The Bertz CT molecular complexity index is 362. The third-order valence-corrected chi connectivity index (χ3v) is 3.61. The zero-order chi connectivity index (χ0) is 11.5. The van der Waals surface area contributed by atoms with Gasteiger partial charge >= 0.3 is 0 Å². The second kappa shape index (κ2) is 4.81. The average Bonchev–Trinajstić information content (AvgIpc) is 2.76. The molecule has 1 aliphatic carbocycles. The van der Waals surface area contributed by atoms with E-state index in [1.165, 1.54) is 25.7 Å². The lowest BCUT2D eigenvalue weighted by Gasteiger charge is -2.11. The summed E-state index contributed by atoms with van der Waals surface area (Å²) < 4.78 is 0. The number of nitrogens with zero attached hydrogens (tertiary/aromatic N) is 2. The van der Waals surface area contributed by atoms with Gasteiger partial charge in [0.1, 0.15) is 11.6 Å². The number of hydrogen-bond acceptors (Lipinski definition) is 3. The predicted molar refractivity (Wildman–Crippen MR) is 66.7 cm³/mol. The third kappa shape index (κ3) is 2.34. The van der Waals surface area contributed by atoms with E-state index in [9.17, 15) is 0 Å². The smallest absolute Gasteiger partial charge is 0.134 e. The Morgan fingerprint density at radius 2 is 2.19 bits per heavy atom. The predicted octanol–water partition coefficient (Wildman–Crippen LogP) is 3.12. The van der Waals surface area contributed by atoms with Gasteiger partial charge in [0.15, 0.2) is 0 Å². The highest BCUT2D eigenvalue weighted by molar-refractivity contribution is 5.35. The van der Waals surface area contributed by atoms with Crippen LogP contribution in [0.4, 0.5) is 5.82 Å². The zero-order valence-electron chi connectivity index (χ0n) is 10.5. The van der Waals surface area contributed by atoms with E-state index in [2.05, 4.69) is 22.2 Å². The van der Waals surface area contributed by atoms with Gasteiger partial charge in [0.2, 0.25) is 0 Å². The number of hydrogen-bond donors (Lipinski definition) is 1. The zero-order valence-corrected chi connectivity index (χ0v) is 10.5. The molecular formula is C13H21N3. The largest absolute Gasteiger partial charge is 0.373 e. The molecule has 88 valence electrons. The van der Waals surface area contributed by atoms with E-state index in [4.69, 9.17) is 0 Å². The van der Waals surface area contributed by atoms with Crippen molar-refractivity contribution in [3.63, 3.8) is 0 Å². The van der Waals surface area contributed by atoms with Crippen molar-refractivity contribution in [2.75, 3.05) is 12.4 Å². The molecule has 0 bridgehead atoms. The van der Waals surface area contributed by atoms with Crippen LogP contribution in [0.25, 0.3) is 0 Å². The fourth-order valence-corrected chi connectivity index (χ4v) is 2.58. The van der Waals surface area contributed by atoms with E-state index in [0.29, 0.717) is 5.92 Å². The second-order valence-corrected chi connectivity index (χ2v) is 4.79. The Morgan fingerprint density at radius 3 is 2.81 bits per heavy atom. The molecule has 1 aromatic rings. The molecule has 1 N–H and O–H groups in total. The van der Waals surface area contributed by atoms with E-state index in [1.54, 1.807) is 0 Å². The lowest BCUT2D eigenvalue weighted by atomic mass is 10.0. The molecule has 1 saturated carbocycles. The molecule has 16 heavy (non-hydrogen) atoms. The molecule has 2 unspecified atom stereocenters. The summed E-state index contributed by atoms with van der Waals surface area (Å²) in [7, 11) is 1.91. The first-order valence-corrected chi connectivity index (χ1v) is 6.26. The molecule has 0 aliphatic heterocycles. The minimum Gasteiger partial charge on any atom is -0.373 e. The summed E-state index contributed by atoms with van der Waals surface area (Å²) in [5, 5.41) is 3.11. The van der Waals surface area contributed by atoms with Crippen LogP contribution >= 0.6 is 0 Å². The Morgan fingerprint density at radius 1 is 1.38 bits per heavy atom.